The van der Waals surface area contributed by atoms with Crippen molar-refractivity contribution in [2.75, 3.05) is 40.4 Å². The fourth-order valence-electron chi connectivity index (χ4n) is 4.41. The van der Waals surface area contributed by atoms with Gasteiger partial charge in [0.2, 0.25) is 0 Å². The van der Waals surface area contributed by atoms with Crippen molar-refractivity contribution in [1.29, 1.82) is 5.41 Å². The monoisotopic (exact) mass is 545 g/mol. The molecule has 1 aliphatic rings. The van der Waals surface area contributed by atoms with Crippen LogP contribution >= 0.6 is 11.6 Å². The van der Waals surface area contributed by atoms with Crippen molar-refractivity contribution in [3.8, 4) is 17.1 Å². The van der Waals surface area contributed by atoms with Crippen LogP contribution in [0.5, 0.6) is 5.75 Å². The highest BCUT2D eigenvalue weighted by Crippen LogP contribution is 2.33. The lowest BCUT2D eigenvalue weighted by Crippen LogP contribution is -2.50. The number of amides is 1. The van der Waals surface area contributed by atoms with Crippen LogP contribution in [-0.2, 0) is 11.2 Å². The lowest BCUT2D eigenvalue weighted by molar-refractivity contribution is 0.0648. The number of methoxy groups -OCH3 is 1. The van der Waals surface area contributed by atoms with Gasteiger partial charge in [-0.05, 0) is 70.3 Å². The molecule has 206 valence electrons. The summed E-state index contributed by atoms with van der Waals surface area (Å²) in [5, 5.41) is 32.0. The largest absolute Gasteiger partial charge is 0.512 e. The van der Waals surface area contributed by atoms with Gasteiger partial charge in [0.05, 0.1) is 23.4 Å². The number of allylic oxidation sites excluding steroid dienone is 2. The molecule has 1 aromatic carbocycles. The van der Waals surface area contributed by atoms with Crippen molar-refractivity contribution < 1.29 is 24.5 Å². The Labute approximate surface area is 228 Å². The van der Waals surface area contributed by atoms with E-state index >= 15 is 0 Å². The number of likely N-dealkylation sites (tertiary alicyclic amines) is 1. The Morgan fingerprint density at radius 3 is 2.63 bits per heavy atom. The number of nitrogens with zero attached hydrogens (tertiary/aromatic N) is 3. The number of hydrogen-bond donors (Lipinski definition) is 4. The van der Waals surface area contributed by atoms with Crippen LogP contribution < -0.4 is 10.1 Å². The van der Waals surface area contributed by atoms with E-state index < -0.39 is 6.10 Å². The number of rotatable bonds is 11. The summed E-state index contributed by atoms with van der Waals surface area (Å²) in [6, 6.07) is 5.12. The summed E-state index contributed by atoms with van der Waals surface area (Å²) in [5.41, 5.74) is 3.06. The lowest BCUT2D eigenvalue weighted by atomic mass is 9.92. The van der Waals surface area contributed by atoms with E-state index in [0.29, 0.717) is 65.4 Å². The molecule has 38 heavy (non-hydrogen) atoms. The molecule has 10 nitrogen and oxygen atoms in total. The van der Waals surface area contributed by atoms with Gasteiger partial charge in [0.25, 0.3) is 0 Å². The third-order valence-electron chi connectivity index (χ3n) is 6.46. The maximum atomic E-state index is 11.7. The van der Waals surface area contributed by atoms with Gasteiger partial charge in [0.1, 0.15) is 24.2 Å². The molecular formula is C27H36ClN5O5. The number of ether oxygens (including phenoxy) is 2. The van der Waals surface area contributed by atoms with Crippen LogP contribution in [0.2, 0.25) is 5.02 Å². The molecule has 1 aliphatic heterocycles. The summed E-state index contributed by atoms with van der Waals surface area (Å²) in [6.07, 6.45) is 0.414. The number of carbonyl (C=O) groups is 1. The first kappa shape index (κ1) is 29.3. The smallest absolute Gasteiger partial charge is 0.409 e. The van der Waals surface area contributed by atoms with Crippen LogP contribution in [0.15, 0.2) is 24.0 Å². The van der Waals surface area contributed by atoms with E-state index in [2.05, 4.69) is 5.32 Å². The molecule has 0 spiro atoms. The van der Waals surface area contributed by atoms with Gasteiger partial charge in [-0.15, -0.1) is 0 Å². The molecule has 1 fully saturated rings. The second-order valence-corrected chi connectivity index (χ2v) is 9.90. The van der Waals surface area contributed by atoms with Crippen LogP contribution in [0.25, 0.3) is 17.0 Å². The topological polar surface area (TPSA) is 141 Å². The van der Waals surface area contributed by atoms with Crippen molar-refractivity contribution in [3.63, 3.8) is 0 Å². The molecule has 2 heterocycles. The molecule has 0 unspecified atom stereocenters. The van der Waals surface area contributed by atoms with Gasteiger partial charge in [-0.25, -0.2) is 14.8 Å². The van der Waals surface area contributed by atoms with Crippen LogP contribution in [0.4, 0.5) is 4.79 Å². The van der Waals surface area contributed by atoms with Gasteiger partial charge in [0, 0.05) is 36.6 Å². The zero-order valence-electron chi connectivity index (χ0n) is 22.5. The first-order valence-electron chi connectivity index (χ1n) is 12.5. The molecule has 2 aromatic rings. The van der Waals surface area contributed by atoms with Crippen molar-refractivity contribution in [1.82, 2.24) is 20.2 Å². The molecule has 0 bridgehead atoms. The highest BCUT2D eigenvalue weighted by molar-refractivity contribution is 6.33. The number of carbonyl (C=O) groups excluding carboxylic acids is 1. The Kier molecular flexibility index (Phi) is 10.1. The van der Waals surface area contributed by atoms with Crippen LogP contribution in [0, 0.1) is 18.3 Å². The van der Waals surface area contributed by atoms with E-state index in [0.717, 1.165) is 17.7 Å². The molecular weight excluding hydrogens is 510 g/mol. The number of aliphatic hydroxyl groups excluding tert-OH is 2. The molecule has 0 aliphatic carbocycles. The normalized spacial score (nSPS) is 15.0. The first-order chi connectivity index (χ1) is 18.0. The first-order valence-corrected chi connectivity index (χ1v) is 12.8. The van der Waals surface area contributed by atoms with Crippen LogP contribution in [0.3, 0.4) is 0 Å². The maximum Gasteiger partial charge on any atom is 0.409 e. The van der Waals surface area contributed by atoms with Gasteiger partial charge in [-0.3, -0.25) is 0 Å². The maximum absolute atomic E-state index is 11.7. The highest BCUT2D eigenvalue weighted by atomic mass is 35.5. The van der Waals surface area contributed by atoms with E-state index in [1.54, 1.807) is 37.1 Å². The zero-order chi connectivity index (χ0) is 28.0. The number of hydrogen-bond acceptors (Lipinski definition) is 9. The molecule has 1 aromatic heterocycles. The molecule has 0 radical (unpaired) electrons. The van der Waals surface area contributed by atoms with E-state index in [1.165, 1.54) is 14.0 Å². The molecule has 11 heteroatoms. The average molecular weight is 546 g/mol. The number of likely N-dealkylation sites (N-methyl/N-ethyl adjacent to an activating group) is 1. The lowest BCUT2D eigenvalue weighted by Gasteiger charge is -2.38. The molecule has 1 saturated heterocycles. The zero-order valence-corrected chi connectivity index (χ0v) is 23.2. The van der Waals surface area contributed by atoms with E-state index in [1.807, 2.05) is 6.92 Å². The Morgan fingerprint density at radius 1 is 1.32 bits per heavy atom. The van der Waals surface area contributed by atoms with E-state index in [4.69, 9.17) is 36.5 Å². The van der Waals surface area contributed by atoms with Crippen LogP contribution in [-0.4, -0.2) is 83.4 Å². The average Bonchev–Trinajstić information content (AvgIpc) is 2.84. The summed E-state index contributed by atoms with van der Waals surface area (Å²) in [7, 11) is 3.12. The summed E-state index contributed by atoms with van der Waals surface area (Å²) in [6.45, 7) is 6.76. The number of nitrogens with one attached hydrogen (secondary N) is 2. The Bertz CT molecular complexity index is 1210. The molecule has 4 N–H and O–H groups in total. The Morgan fingerprint density at radius 2 is 2.03 bits per heavy atom. The summed E-state index contributed by atoms with van der Waals surface area (Å²) < 4.78 is 10.5. The quantitative estimate of drug-likeness (QED) is 0.245. The fourth-order valence-corrected chi connectivity index (χ4v) is 4.62. The second kappa shape index (κ2) is 13.0. The molecule has 3 rings (SSSR count). The minimum Gasteiger partial charge on any atom is -0.512 e. The minimum atomic E-state index is -0.676. The third kappa shape index (κ3) is 7.00. The number of aryl methyl sites for hydroxylation is 1. The minimum absolute atomic E-state index is 0.00869. The van der Waals surface area contributed by atoms with Crippen LogP contribution in [0.1, 0.15) is 37.2 Å². The van der Waals surface area contributed by atoms with Crippen molar-refractivity contribution in [3.05, 3.63) is 45.9 Å². The summed E-state index contributed by atoms with van der Waals surface area (Å²) in [5.74, 6) is 1.16. The molecule has 1 atom stereocenters. The Balaban J connectivity index is 1.97. The SMILES string of the molecule is CNC[C@@H](O)COc1ccc(Cl)c(-c2nc(CCC3CN(C(=O)OC)C3)c(C)c(/C(C(C)=N)=C(\C)O)n2)c1. The van der Waals surface area contributed by atoms with Crippen molar-refractivity contribution in [2.24, 2.45) is 5.92 Å². The number of aromatic nitrogens is 2. The highest BCUT2D eigenvalue weighted by Gasteiger charge is 2.31. The van der Waals surface area contributed by atoms with Crippen molar-refractivity contribution in [2.45, 2.75) is 39.7 Å². The summed E-state index contributed by atoms with van der Waals surface area (Å²) in [4.78, 5) is 22.9. The van der Waals surface area contributed by atoms with Gasteiger partial charge in [0.15, 0.2) is 5.82 Å². The van der Waals surface area contributed by atoms with Gasteiger partial charge >= 0.3 is 6.09 Å². The van der Waals surface area contributed by atoms with Crippen molar-refractivity contribution >= 4 is 29.0 Å². The standard InChI is InChI=1S/C27H36ClN5O5/c1-15-23(9-6-18-12-33(13-18)27(36)37-5)31-26(32-25(15)24(16(2)29)17(3)34)21-10-20(7-8-22(21)28)38-14-19(35)11-30-4/h7-8,10,18-19,29-30,34-35H,6,9,11-14H2,1-5H3/b24-17+,29-16?/t19-/m1/s1. The number of benzene rings is 1. The second-order valence-electron chi connectivity index (χ2n) is 9.50. The summed E-state index contributed by atoms with van der Waals surface area (Å²) >= 11 is 6.56. The predicted octanol–water partition coefficient (Wildman–Crippen LogP) is 4.02. The molecule has 0 saturated carbocycles. The number of aliphatic hydroxyl groups is 2. The molecule has 1 amide bonds. The third-order valence-corrected chi connectivity index (χ3v) is 6.79. The fraction of sp³-hybridized carbons (Fsp3) is 0.481. The predicted molar refractivity (Wildman–Crippen MR) is 147 cm³/mol. The Hall–Kier alpha value is -3.21. The van der Waals surface area contributed by atoms with E-state index in [-0.39, 0.29) is 24.2 Å². The van der Waals surface area contributed by atoms with Gasteiger partial charge < -0.3 is 35.3 Å². The van der Waals surface area contributed by atoms with E-state index in [9.17, 15) is 15.0 Å². The van der Waals surface area contributed by atoms with Gasteiger partial charge in [-0.2, -0.15) is 0 Å². The number of halogens is 1. The van der Waals surface area contributed by atoms with Gasteiger partial charge in [-0.1, -0.05) is 11.6 Å².